The molecular weight excluding hydrogens is 320 g/mol. The van der Waals surface area contributed by atoms with Crippen molar-refractivity contribution in [3.63, 3.8) is 0 Å². The SMILES string of the molecule is Cc1cccc(-n2nnc(C(=O)Nc3ccc(C(=O)[O-])cc3)c2C)c1. The molecule has 3 aromatic rings. The van der Waals surface area contributed by atoms with Gasteiger partial charge >= 0.3 is 0 Å². The summed E-state index contributed by atoms with van der Waals surface area (Å²) in [6.45, 7) is 3.73. The molecule has 0 aliphatic heterocycles. The number of hydrogen-bond donors (Lipinski definition) is 1. The Kier molecular flexibility index (Phi) is 4.30. The number of carbonyl (C=O) groups is 2. The summed E-state index contributed by atoms with van der Waals surface area (Å²) in [5, 5.41) is 21.4. The van der Waals surface area contributed by atoms with E-state index >= 15 is 0 Å². The summed E-state index contributed by atoms with van der Waals surface area (Å²) in [5.41, 5.74) is 3.20. The summed E-state index contributed by atoms with van der Waals surface area (Å²) >= 11 is 0. The van der Waals surface area contributed by atoms with E-state index in [2.05, 4.69) is 15.6 Å². The van der Waals surface area contributed by atoms with E-state index in [0.717, 1.165) is 11.3 Å². The Bertz CT molecular complexity index is 945. The molecule has 25 heavy (non-hydrogen) atoms. The summed E-state index contributed by atoms with van der Waals surface area (Å²) in [7, 11) is 0. The summed E-state index contributed by atoms with van der Waals surface area (Å²) < 4.78 is 1.60. The average molecular weight is 335 g/mol. The number of aromatic carboxylic acids is 1. The number of benzene rings is 2. The predicted molar refractivity (Wildman–Crippen MR) is 89.6 cm³/mol. The Morgan fingerprint density at radius 1 is 1.08 bits per heavy atom. The van der Waals surface area contributed by atoms with Crippen LogP contribution in [0, 0.1) is 13.8 Å². The molecule has 0 unspecified atom stereocenters. The fourth-order valence-electron chi connectivity index (χ4n) is 2.42. The van der Waals surface area contributed by atoms with E-state index in [1.54, 1.807) is 11.6 Å². The second-order valence-corrected chi connectivity index (χ2v) is 5.59. The number of carboxylic acids is 1. The minimum Gasteiger partial charge on any atom is -0.545 e. The summed E-state index contributed by atoms with van der Waals surface area (Å²) in [5.74, 6) is -1.69. The summed E-state index contributed by atoms with van der Waals surface area (Å²) in [6, 6.07) is 13.4. The standard InChI is InChI=1S/C18H16N4O3/c1-11-4-3-5-15(10-11)22-12(2)16(20-21-22)17(23)19-14-8-6-13(7-9-14)18(24)25/h3-10H,1-2H3,(H,19,23)(H,24,25)/p-1. The smallest absolute Gasteiger partial charge is 0.278 e. The van der Waals surface area contributed by atoms with Crippen LogP contribution in [0.25, 0.3) is 5.69 Å². The van der Waals surface area contributed by atoms with Gasteiger partial charge in [0.2, 0.25) is 0 Å². The molecule has 1 amide bonds. The number of nitrogens with zero attached hydrogens (tertiary/aromatic N) is 3. The minimum atomic E-state index is -1.27. The largest absolute Gasteiger partial charge is 0.545 e. The van der Waals surface area contributed by atoms with Crippen molar-refractivity contribution in [3.05, 3.63) is 71.0 Å². The number of carbonyl (C=O) groups excluding carboxylic acids is 2. The molecule has 0 aliphatic rings. The molecule has 0 saturated carbocycles. The highest BCUT2D eigenvalue weighted by molar-refractivity contribution is 6.03. The lowest BCUT2D eigenvalue weighted by Crippen LogP contribution is -2.22. The van der Waals surface area contributed by atoms with Gasteiger partial charge in [0, 0.05) is 5.69 Å². The van der Waals surface area contributed by atoms with Gasteiger partial charge in [-0.3, -0.25) is 4.79 Å². The number of rotatable bonds is 4. The zero-order chi connectivity index (χ0) is 18.0. The number of aromatic nitrogens is 3. The van der Waals surface area contributed by atoms with Crippen LogP contribution in [0.15, 0.2) is 48.5 Å². The van der Waals surface area contributed by atoms with Gasteiger partial charge in [-0.2, -0.15) is 0 Å². The van der Waals surface area contributed by atoms with E-state index in [1.807, 2.05) is 31.2 Å². The van der Waals surface area contributed by atoms with Crippen LogP contribution >= 0.6 is 0 Å². The second kappa shape index (κ2) is 6.56. The van der Waals surface area contributed by atoms with Crippen molar-refractivity contribution < 1.29 is 14.7 Å². The van der Waals surface area contributed by atoms with Crippen molar-refractivity contribution in [2.24, 2.45) is 0 Å². The summed E-state index contributed by atoms with van der Waals surface area (Å²) in [4.78, 5) is 23.2. The molecule has 1 N–H and O–H groups in total. The Morgan fingerprint density at radius 2 is 1.80 bits per heavy atom. The fourth-order valence-corrected chi connectivity index (χ4v) is 2.42. The van der Waals surface area contributed by atoms with Crippen molar-refractivity contribution in [3.8, 4) is 5.69 Å². The Labute approximate surface area is 143 Å². The number of aryl methyl sites for hydroxylation is 1. The minimum absolute atomic E-state index is 0.0413. The lowest BCUT2D eigenvalue weighted by Gasteiger charge is -2.07. The lowest BCUT2D eigenvalue weighted by atomic mass is 10.2. The molecule has 1 aromatic heterocycles. The van der Waals surface area contributed by atoms with Gasteiger partial charge < -0.3 is 15.2 Å². The topological polar surface area (TPSA) is 99.9 Å². The van der Waals surface area contributed by atoms with Crippen LogP contribution < -0.4 is 10.4 Å². The maximum absolute atomic E-state index is 12.4. The van der Waals surface area contributed by atoms with Gasteiger partial charge in [-0.25, -0.2) is 4.68 Å². The Balaban J connectivity index is 1.82. The summed E-state index contributed by atoms with van der Waals surface area (Å²) in [6.07, 6.45) is 0. The molecule has 7 nitrogen and oxygen atoms in total. The van der Waals surface area contributed by atoms with Crippen LogP contribution in [0.3, 0.4) is 0 Å². The first kappa shape index (κ1) is 16.4. The monoisotopic (exact) mass is 335 g/mol. The first-order chi connectivity index (χ1) is 12.0. The number of anilines is 1. The van der Waals surface area contributed by atoms with Crippen LogP contribution in [0.5, 0.6) is 0 Å². The van der Waals surface area contributed by atoms with Crippen molar-refractivity contribution >= 4 is 17.6 Å². The van der Waals surface area contributed by atoms with Crippen LogP contribution in [-0.2, 0) is 0 Å². The van der Waals surface area contributed by atoms with Gasteiger partial charge in [-0.15, -0.1) is 5.10 Å². The maximum Gasteiger partial charge on any atom is 0.278 e. The van der Waals surface area contributed by atoms with Crippen LogP contribution in [0.1, 0.15) is 32.1 Å². The number of amides is 1. The van der Waals surface area contributed by atoms with Crippen molar-refractivity contribution in [1.29, 1.82) is 0 Å². The Morgan fingerprint density at radius 3 is 2.44 bits per heavy atom. The molecule has 0 radical (unpaired) electrons. The van der Waals surface area contributed by atoms with Gasteiger partial charge in [-0.1, -0.05) is 29.5 Å². The molecule has 1 heterocycles. The third kappa shape index (κ3) is 3.40. The first-order valence-electron chi connectivity index (χ1n) is 7.58. The highest BCUT2D eigenvalue weighted by atomic mass is 16.4. The zero-order valence-corrected chi connectivity index (χ0v) is 13.7. The van der Waals surface area contributed by atoms with Crippen LogP contribution in [0.4, 0.5) is 5.69 Å². The average Bonchev–Trinajstić information content (AvgIpc) is 2.97. The van der Waals surface area contributed by atoms with Gasteiger partial charge in [0.15, 0.2) is 5.69 Å². The molecule has 2 aromatic carbocycles. The first-order valence-corrected chi connectivity index (χ1v) is 7.58. The second-order valence-electron chi connectivity index (χ2n) is 5.59. The molecular formula is C18H15N4O3-. The van der Waals surface area contributed by atoms with E-state index in [0.29, 0.717) is 11.4 Å². The molecule has 0 saturated heterocycles. The third-order valence-corrected chi connectivity index (χ3v) is 3.73. The van der Waals surface area contributed by atoms with Gasteiger partial charge in [0.05, 0.1) is 17.4 Å². The van der Waals surface area contributed by atoms with E-state index in [4.69, 9.17) is 0 Å². The molecule has 0 atom stereocenters. The highest BCUT2D eigenvalue weighted by Crippen LogP contribution is 2.15. The molecule has 0 bridgehead atoms. The van der Waals surface area contributed by atoms with Crippen molar-refractivity contribution in [2.45, 2.75) is 13.8 Å². The quantitative estimate of drug-likeness (QED) is 0.779. The van der Waals surface area contributed by atoms with Gasteiger partial charge in [0.1, 0.15) is 0 Å². The molecule has 3 rings (SSSR count). The van der Waals surface area contributed by atoms with Gasteiger partial charge in [0.25, 0.3) is 5.91 Å². The lowest BCUT2D eigenvalue weighted by molar-refractivity contribution is -0.255. The molecule has 0 fully saturated rings. The number of nitrogens with one attached hydrogen (secondary N) is 1. The van der Waals surface area contributed by atoms with E-state index in [1.165, 1.54) is 24.3 Å². The van der Waals surface area contributed by atoms with Gasteiger partial charge in [-0.05, 0) is 49.2 Å². The zero-order valence-electron chi connectivity index (χ0n) is 13.7. The van der Waals surface area contributed by atoms with Crippen molar-refractivity contribution in [2.75, 3.05) is 5.32 Å². The number of carboxylic acid groups (broad SMARTS) is 1. The van der Waals surface area contributed by atoms with Crippen LogP contribution in [0.2, 0.25) is 0 Å². The predicted octanol–water partition coefficient (Wildman–Crippen LogP) is 1.50. The van der Waals surface area contributed by atoms with E-state index in [9.17, 15) is 14.7 Å². The molecule has 0 spiro atoms. The van der Waals surface area contributed by atoms with E-state index in [-0.39, 0.29) is 11.3 Å². The Hall–Kier alpha value is -3.48. The molecule has 0 aliphatic carbocycles. The highest BCUT2D eigenvalue weighted by Gasteiger charge is 2.17. The third-order valence-electron chi connectivity index (χ3n) is 3.73. The number of hydrogen-bond acceptors (Lipinski definition) is 5. The maximum atomic E-state index is 12.4. The normalized spacial score (nSPS) is 10.5. The van der Waals surface area contributed by atoms with E-state index < -0.39 is 11.9 Å². The van der Waals surface area contributed by atoms with Crippen molar-refractivity contribution in [1.82, 2.24) is 15.0 Å². The molecule has 126 valence electrons. The van der Waals surface area contributed by atoms with Crippen LogP contribution in [-0.4, -0.2) is 26.9 Å². The molecule has 7 heteroatoms. The fraction of sp³-hybridized carbons (Fsp3) is 0.111.